The fourth-order valence-corrected chi connectivity index (χ4v) is 7.65. The minimum Gasteiger partial charge on any atom is -0.252 e. The van der Waals surface area contributed by atoms with Crippen LogP contribution in [0.2, 0.25) is 0 Å². The molecule has 6 heteroatoms. The van der Waals surface area contributed by atoms with Gasteiger partial charge in [-0.1, -0.05) is 59.7 Å². The summed E-state index contributed by atoms with van der Waals surface area (Å²) in [6, 6.07) is 33.8. The second-order valence-electron chi connectivity index (χ2n) is 15.8. The second kappa shape index (κ2) is 18.0. The van der Waals surface area contributed by atoms with Gasteiger partial charge in [0.15, 0.2) is 0 Å². The predicted molar refractivity (Wildman–Crippen MR) is 247 cm³/mol. The van der Waals surface area contributed by atoms with Gasteiger partial charge in [-0.25, -0.2) is 9.97 Å². The summed E-state index contributed by atoms with van der Waals surface area (Å²) in [6.07, 6.45) is 1.89. The summed E-state index contributed by atoms with van der Waals surface area (Å²) in [4.78, 5) is 29.8. The molecule has 0 N–H and O–H groups in total. The first kappa shape index (κ1) is 41.5. The van der Waals surface area contributed by atoms with E-state index in [0.29, 0.717) is 0 Å². The van der Waals surface area contributed by atoms with E-state index in [1.165, 1.54) is 55.6 Å². The Kier molecular flexibility index (Phi) is 12.9. The molecular weight excluding hydrogens is 709 g/mol. The van der Waals surface area contributed by atoms with E-state index in [4.69, 9.17) is 29.9 Å². The summed E-state index contributed by atoms with van der Waals surface area (Å²) in [5.41, 5.74) is 23.1. The highest BCUT2D eigenvalue weighted by molar-refractivity contribution is 6.03. The number of nitrogens with zero attached hydrogens (tertiary/aromatic N) is 6. The number of aliphatic imine (C=N–C) groups is 4. The van der Waals surface area contributed by atoms with E-state index in [2.05, 4.69) is 116 Å². The quantitative estimate of drug-likeness (QED) is 0.123. The molecule has 0 amide bonds. The molecule has 6 nitrogen and oxygen atoms in total. The molecule has 0 saturated heterocycles. The van der Waals surface area contributed by atoms with Crippen molar-refractivity contribution in [1.29, 1.82) is 0 Å². The van der Waals surface area contributed by atoms with E-state index < -0.39 is 0 Å². The Bertz CT molecular complexity index is 2410. The van der Waals surface area contributed by atoms with Gasteiger partial charge in [-0.15, -0.1) is 0 Å². The third-order valence-electron chi connectivity index (χ3n) is 10.7. The zero-order chi connectivity index (χ0) is 41.7. The summed E-state index contributed by atoms with van der Waals surface area (Å²) in [5.74, 6) is 0. The van der Waals surface area contributed by atoms with Crippen LogP contribution in [0.25, 0.3) is 0 Å². The molecule has 0 unspecified atom stereocenters. The molecule has 4 aromatic carbocycles. The number of aryl methyl sites for hydroxylation is 10. The van der Waals surface area contributed by atoms with E-state index in [1.807, 2.05) is 64.1 Å². The number of pyridine rings is 2. The molecule has 58 heavy (non-hydrogen) atoms. The molecule has 0 fully saturated rings. The second-order valence-corrected chi connectivity index (χ2v) is 15.8. The first-order chi connectivity index (χ1) is 27.6. The predicted octanol–water partition coefficient (Wildman–Crippen LogP) is 13.3. The average Bonchev–Trinajstić information content (AvgIpc) is 3.17. The molecule has 294 valence electrons. The molecule has 0 saturated carbocycles. The van der Waals surface area contributed by atoms with Crippen LogP contribution >= 0.6 is 0 Å². The van der Waals surface area contributed by atoms with Gasteiger partial charge in [-0.2, -0.15) is 0 Å². The standard InChI is InChI=1S/C52H56N6/c1-31-25-35(5)51(36(6)26-31)55-41(11)49-17-13-15-47(57-49)39(9)53-45-23-21-43(33(3)29-45)19-20-44-22-24-46(30-34(44)4)54-40(10)48-16-14-18-50(58-48)42(12)56-52-37(7)27-32(2)28-38(52)8/h13-18,21-30H,19-20H2,1-12H3. The SMILES string of the molecule is CC(=Nc1ccc(CCc2ccc(N=C(C)c3cccc(C(C)=Nc4c(C)cc(C)cc4C)n3)cc2C)c(C)c1)c1cccc(C(C)=Nc2c(C)cc(C)cc2C)n1. The van der Waals surface area contributed by atoms with Crippen molar-refractivity contribution in [2.75, 3.05) is 0 Å². The van der Waals surface area contributed by atoms with Gasteiger partial charge in [0.1, 0.15) is 0 Å². The summed E-state index contributed by atoms with van der Waals surface area (Å²) in [5, 5.41) is 0. The smallest absolute Gasteiger partial charge is 0.0849 e. The molecule has 6 rings (SSSR count). The molecule has 2 heterocycles. The lowest BCUT2D eigenvalue weighted by molar-refractivity contribution is 0.939. The van der Waals surface area contributed by atoms with Crippen molar-refractivity contribution in [3.05, 3.63) is 175 Å². The highest BCUT2D eigenvalue weighted by atomic mass is 14.8. The molecule has 6 aromatic rings. The molecule has 0 bridgehead atoms. The molecule has 0 spiro atoms. The first-order valence-electron chi connectivity index (χ1n) is 20.2. The number of aromatic nitrogens is 2. The van der Waals surface area contributed by atoms with E-state index >= 15 is 0 Å². The number of rotatable bonds is 11. The maximum atomic E-state index is 4.97. The Morgan fingerprint density at radius 3 is 1.00 bits per heavy atom. The Labute approximate surface area is 345 Å². The molecule has 0 radical (unpaired) electrons. The maximum Gasteiger partial charge on any atom is 0.0849 e. The van der Waals surface area contributed by atoms with Crippen LogP contribution in [-0.2, 0) is 12.8 Å². The van der Waals surface area contributed by atoms with Crippen LogP contribution in [0.5, 0.6) is 0 Å². The van der Waals surface area contributed by atoms with Crippen LogP contribution in [0.1, 0.15) is 106 Å². The van der Waals surface area contributed by atoms with Crippen molar-refractivity contribution in [2.24, 2.45) is 20.0 Å². The van der Waals surface area contributed by atoms with E-state index in [9.17, 15) is 0 Å². The topological polar surface area (TPSA) is 75.2 Å². The molecule has 2 aromatic heterocycles. The van der Waals surface area contributed by atoms with Crippen molar-refractivity contribution in [3.63, 3.8) is 0 Å². The Morgan fingerprint density at radius 1 is 0.379 bits per heavy atom. The third-order valence-corrected chi connectivity index (χ3v) is 10.7. The normalized spacial score (nSPS) is 12.7. The molecule has 0 aliphatic heterocycles. The molecule has 0 aliphatic rings. The zero-order valence-electron chi connectivity index (χ0n) is 36.3. The maximum absolute atomic E-state index is 4.97. The van der Waals surface area contributed by atoms with Gasteiger partial charge in [0.25, 0.3) is 0 Å². The van der Waals surface area contributed by atoms with Gasteiger partial charge < -0.3 is 0 Å². The Balaban J connectivity index is 1.11. The monoisotopic (exact) mass is 764 g/mol. The van der Waals surface area contributed by atoms with Gasteiger partial charge >= 0.3 is 0 Å². The van der Waals surface area contributed by atoms with Crippen molar-refractivity contribution < 1.29 is 0 Å². The highest BCUT2D eigenvalue weighted by Crippen LogP contribution is 2.28. The van der Waals surface area contributed by atoms with Gasteiger partial charge in [-0.3, -0.25) is 20.0 Å². The molecule has 0 atom stereocenters. The number of benzene rings is 4. The van der Waals surface area contributed by atoms with E-state index in [1.54, 1.807) is 0 Å². The van der Waals surface area contributed by atoms with E-state index in [0.717, 1.165) is 81.2 Å². The van der Waals surface area contributed by atoms with Gasteiger partial charge in [0.2, 0.25) is 0 Å². The van der Waals surface area contributed by atoms with Crippen LogP contribution in [0.3, 0.4) is 0 Å². The summed E-state index contributed by atoms with van der Waals surface area (Å²) < 4.78 is 0. The summed E-state index contributed by atoms with van der Waals surface area (Å²) in [7, 11) is 0. The summed E-state index contributed by atoms with van der Waals surface area (Å²) in [6.45, 7) is 25.1. The van der Waals surface area contributed by atoms with E-state index in [-0.39, 0.29) is 0 Å². The highest BCUT2D eigenvalue weighted by Gasteiger charge is 2.11. The van der Waals surface area contributed by atoms with Gasteiger partial charge in [0, 0.05) is 0 Å². The fraction of sp³-hybridized carbons (Fsp3) is 0.269. The minimum atomic E-state index is 0.845. The lowest BCUT2D eigenvalue weighted by Crippen LogP contribution is -2.05. The average molecular weight is 765 g/mol. The lowest BCUT2D eigenvalue weighted by atomic mass is 9.97. The number of hydrogen-bond donors (Lipinski definition) is 0. The largest absolute Gasteiger partial charge is 0.252 e. The Hall–Kier alpha value is -6.14. The first-order valence-corrected chi connectivity index (χ1v) is 20.2. The van der Waals surface area contributed by atoms with Crippen molar-refractivity contribution >= 4 is 45.6 Å². The van der Waals surface area contributed by atoms with Gasteiger partial charge in [0.05, 0.1) is 68.4 Å². The van der Waals surface area contributed by atoms with Crippen molar-refractivity contribution in [2.45, 2.75) is 95.9 Å². The summed E-state index contributed by atoms with van der Waals surface area (Å²) >= 11 is 0. The lowest BCUT2D eigenvalue weighted by Gasteiger charge is -2.11. The fourth-order valence-electron chi connectivity index (χ4n) is 7.65. The van der Waals surface area contributed by atoms with Gasteiger partial charge in [-0.05, 0) is 189 Å². The van der Waals surface area contributed by atoms with Crippen LogP contribution in [0.15, 0.2) is 117 Å². The number of hydrogen-bond acceptors (Lipinski definition) is 6. The third kappa shape index (κ3) is 10.0. The van der Waals surface area contributed by atoms with Crippen LogP contribution in [0.4, 0.5) is 22.7 Å². The minimum absolute atomic E-state index is 0.845. The van der Waals surface area contributed by atoms with Crippen molar-refractivity contribution in [1.82, 2.24) is 9.97 Å². The van der Waals surface area contributed by atoms with Crippen LogP contribution in [0, 0.1) is 55.4 Å². The van der Waals surface area contributed by atoms with Crippen LogP contribution < -0.4 is 0 Å². The van der Waals surface area contributed by atoms with Crippen LogP contribution in [-0.4, -0.2) is 32.8 Å². The molecular formula is C52H56N6. The Morgan fingerprint density at radius 2 is 0.690 bits per heavy atom. The molecule has 0 aliphatic carbocycles. The zero-order valence-corrected chi connectivity index (χ0v) is 36.3. The van der Waals surface area contributed by atoms with Crippen molar-refractivity contribution in [3.8, 4) is 0 Å².